The van der Waals surface area contributed by atoms with Gasteiger partial charge in [-0.25, -0.2) is 0 Å². The lowest BCUT2D eigenvalue weighted by Gasteiger charge is -2.35. The van der Waals surface area contributed by atoms with Gasteiger partial charge in [-0.15, -0.1) is 0 Å². The number of amides is 2. The van der Waals surface area contributed by atoms with E-state index in [0.717, 1.165) is 70.9 Å². The number of carbonyl (C=O) groups is 2. The maximum absolute atomic E-state index is 12.5. The van der Waals surface area contributed by atoms with E-state index in [1.54, 1.807) is 0 Å². The Morgan fingerprint density at radius 2 is 1.43 bits per heavy atom. The highest BCUT2D eigenvalue weighted by atomic mass is 16.2. The summed E-state index contributed by atoms with van der Waals surface area (Å²) in [6, 6.07) is 0. The molecule has 0 aromatic carbocycles. The first kappa shape index (κ1) is 16.7. The van der Waals surface area contributed by atoms with Crippen LogP contribution in [0.4, 0.5) is 0 Å². The Bertz CT molecular complexity index is 418. The zero-order chi connectivity index (χ0) is 16.2. The molecule has 0 saturated carbocycles. The van der Waals surface area contributed by atoms with E-state index in [2.05, 4.69) is 11.8 Å². The second-order valence-electron chi connectivity index (χ2n) is 7.65. The zero-order valence-electron chi connectivity index (χ0n) is 14.5. The second kappa shape index (κ2) is 7.65. The molecule has 0 aromatic rings. The van der Waals surface area contributed by atoms with E-state index in [1.807, 2.05) is 9.80 Å². The average Bonchev–Trinajstić information content (AvgIpc) is 3.11. The van der Waals surface area contributed by atoms with Crippen LogP contribution in [0.25, 0.3) is 0 Å². The van der Waals surface area contributed by atoms with Crippen molar-refractivity contribution in [1.82, 2.24) is 14.7 Å². The molecule has 0 bridgehead atoms. The number of hydrogen-bond acceptors (Lipinski definition) is 3. The van der Waals surface area contributed by atoms with Gasteiger partial charge in [0.25, 0.3) is 0 Å². The van der Waals surface area contributed by atoms with Crippen molar-refractivity contribution in [2.45, 2.75) is 45.4 Å². The van der Waals surface area contributed by atoms with Crippen molar-refractivity contribution in [1.29, 1.82) is 0 Å². The Hall–Kier alpha value is -1.10. The summed E-state index contributed by atoms with van der Waals surface area (Å²) in [5.41, 5.74) is 0. The van der Waals surface area contributed by atoms with Crippen LogP contribution in [0.3, 0.4) is 0 Å². The fourth-order valence-electron chi connectivity index (χ4n) is 4.08. The normalized spacial score (nSPS) is 25.1. The molecule has 3 aliphatic rings. The number of carbonyl (C=O) groups excluding carboxylic acids is 2. The van der Waals surface area contributed by atoms with Crippen LogP contribution in [0.5, 0.6) is 0 Å². The van der Waals surface area contributed by atoms with Gasteiger partial charge in [-0.1, -0.05) is 6.92 Å². The molecule has 23 heavy (non-hydrogen) atoms. The maximum Gasteiger partial charge on any atom is 0.236 e. The van der Waals surface area contributed by atoms with Gasteiger partial charge in [0.05, 0.1) is 6.54 Å². The van der Waals surface area contributed by atoms with Gasteiger partial charge < -0.3 is 9.80 Å². The van der Waals surface area contributed by atoms with Gasteiger partial charge >= 0.3 is 0 Å². The number of hydrogen-bond donors (Lipinski definition) is 0. The van der Waals surface area contributed by atoms with Crippen LogP contribution in [-0.4, -0.2) is 72.3 Å². The molecule has 0 N–H and O–H groups in total. The first-order chi connectivity index (χ1) is 11.1. The average molecular weight is 321 g/mol. The predicted molar refractivity (Wildman–Crippen MR) is 90.0 cm³/mol. The Labute approximate surface area is 140 Å². The summed E-state index contributed by atoms with van der Waals surface area (Å²) >= 11 is 0. The van der Waals surface area contributed by atoms with Crippen molar-refractivity contribution in [3.63, 3.8) is 0 Å². The lowest BCUT2D eigenvalue weighted by atomic mass is 9.95. The van der Waals surface area contributed by atoms with Gasteiger partial charge in [0.1, 0.15) is 0 Å². The third kappa shape index (κ3) is 4.25. The van der Waals surface area contributed by atoms with Crippen molar-refractivity contribution in [3.05, 3.63) is 0 Å². The summed E-state index contributed by atoms with van der Waals surface area (Å²) in [6.07, 6.45) is 6.41. The second-order valence-corrected chi connectivity index (χ2v) is 7.65. The van der Waals surface area contributed by atoms with Crippen molar-refractivity contribution in [2.75, 3.05) is 45.8 Å². The van der Waals surface area contributed by atoms with Gasteiger partial charge in [0, 0.05) is 32.1 Å². The number of rotatable bonds is 3. The molecule has 0 atom stereocenters. The molecule has 5 nitrogen and oxygen atoms in total. The summed E-state index contributed by atoms with van der Waals surface area (Å²) in [4.78, 5) is 31.2. The molecular weight excluding hydrogens is 290 g/mol. The minimum absolute atomic E-state index is 0.146. The molecular formula is C18H31N3O2. The minimum atomic E-state index is 0.146. The van der Waals surface area contributed by atoms with E-state index >= 15 is 0 Å². The molecule has 3 saturated heterocycles. The van der Waals surface area contributed by atoms with Crippen LogP contribution in [0.15, 0.2) is 0 Å². The van der Waals surface area contributed by atoms with Crippen molar-refractivity contribution in [2.24, 2.45) is 11.8 Å². The van der Waals surface area contributed by atoms with Crippen LogP contribution < -0.4 is 0 Å². The number of nitrogens with zero attached hydrogens (tertiary/aromatic N) is 3. The molecule has 0 aromatic heterocycles. The minimum Gasteiger partial charge on any atom is -0.342 e. The van der Waals surface area contributed by atoms with E-state index in [1.165, 1.54) is 12.8 Å². The molecule has 0 radical (unpaired) electrons. The van der Waals surface area contributed by atoms with Gasteiger partial charge in [0.2, 0.25) is 11.8 Å². The lowest BCUT2D eigenvalue weighted by Crippen LogP contribution is -2.47. The number of likely N-dealkylation sites (tertiary alicyclic amines) is 3. The highest BCUT2D eigenvalue weighted by Crippen LogP contribution is 2.22. The van der Waals surface area contributed by atoms with Crippen molar-refractivity contribution < 1.29 is 9.59 Å². The first-order valence-electron chi connectivity index (χ1n) is 9.42. The van der Waals surface area contributed by atoms with Crippen LogP contribution in [0.1, 0.15) is 45.4 Å². The quantitative estimate of drug-likeness (QED) is 0.793. The van der Waals surface area contributed by atoms with Crippen LogP contribution in [0.2, 0.25) is 0 Å². The van der Waals surface area contributed by atoms with Gasteiger partial charge in [-0.3, -0.25) is 14.5 Å². The van der Waals surface area contributed by atoms with E-state index in [9.17, 15) is 9.59 Å². The first-order valence-corrected chi connectivity index (χ1v) is 9.42. The van der Waals surface area contributed by atoms with E-state index in [-0.39, 0.29) is 11.8 Å². The predicted octanol–water partition coefficient (Wildman–Crippen LogP) is 1.58. The Balaban J connectivity index is 1.41. The smallest absolute Gasteiger partial charge is 0.236 e. The Morgan fingerprint density at radius 3 is 2.04 bits per heavy atom. The summed E-state index contributed by atoms with van der Waals surface area (Å²) in [7, 11) is 0. The summed E-state index contributed by atoms with van der Waals surface area (Å²) in [5.74, 6) is 1.54. The molecule has 2 amide bonds. The summed E-state index contributed by atoms with van der Waals surface area (Å²) < 4.78 is 0. The molecule has 0 aliphatic carbocycles. The Morgan fingerprint density at radius 1 is 0.826 bits per heavy atom. The number of piperidine rings is 2. The molecule has 3 rings (SSSR count). The van der Waals surface area contributed by atoms with E-state index in [0.29, 0.717) is 12.5 Å². The van der Waals surface area contributed by atoms with Gasteiger partial charge in [0.15, 0.2) is 0 Å². The maximum atomic E-state index is 12.5. The van der Waals surface area contributed by atoms with Gasteiger partial charge in [-0.05, 0) is 57.5 Å². The molecule has 3 heterocycles. The van der Waals surface area contributed by atoms with E-state index < -0.39 is 0 Å². The summed E-state index contributed by atoms with van der Waals surface area (Å²) in [6.45, 7) is 8.35. The van der Waals surface area contributed by atoms with Crippen molar-refractivity contribution in [3.8, 4) is 0 Å². The third-order valence-electron chi connectivity index (χ3n) is 5.85. The fraction of sp³-hybridized carbons (Fsp3) is 0.889. The molecule has 0 spiro atoms. The zero-order valence-corrected chi connectivity index (χ0v) is 14.5. The van der Waals surface area contributed by atoms with Crippen LogP contribution in [-0.2, 0) is 9.59 Å². The third-order valence-corrected chi connectivity index (χ3v) is 5.85. The monoisotopic (exact) mass is 321 g/mol. The topological polar surface area (TPSA) is 43.9 Å². The van der Waals surface area contributed by atoms with Crippen LogP contribution in [0, 0.1) is 11.8 Å². The fourth-order valence-corrected chi connectivity index (χ4v) is 4.08. The standard InChI is InChI=1S/C18H31N3O2/c1-15-4-10-19(11-5-15)14-17(22)20-12-6-16(7-13-20)18(23)21-8-2-3-9-21/h15-16H,2-14H2,1H3. The molecule has 3 fully saturated rings. The largest absolute Gasteiger partial charge is 0.342 e. The highest BCUT2D eigenvalue weighted by molar-refractivity contribution is 5.81. The SMILES string of the molecule is CC1CCN(CC(=O)N2CCC(C(=O)N3CCCC3)CC2)CC1. The lowest BCUT2D eigenvalue weighted by molar-refractivity contribution is -0.140. The molecule has 130 valence electrons. The molecule has 5 heteroatoms. The highest BCUT2D eigenvalue weighted by Gasteiger charge is 2.31. The van der Waals surface area contributed by atoms with Crippen molar-refractivity contribution >= 4 is 11.8 Å². The molecule has 3 aliphatic heterocycles. The van der Waals surface area contributed by atoms with Gasteiger partial charge in [-0.2, -0.15) is 0 Å². The van der Waals surface area contributed by atoms with E-state index in [4.69, 9.17) is 0 Å². The Kier molecular flexibility index (Phi) is 5.57. The van der Waals surface area contributed by atoms with Crippen LogP contribution >= 0.6 is 0 Å². The summed E-state index contributed by atoms with van der Waals surface area (Å²) in [5, 5.41) is 0. The molecule has 0 unspecified atom stereocenters.